The van der Waals surface area contributed by atoms with Gasteiger partial charge in [-0.1, -0.05) is 55.8 Å². The van der Waals surface area contributed by atoms with Crippen LogP contribution in [-0.4, -0.2) is 60.4 Å². The standard InChI is InChI=1S/C32H35BINO8/c1-17(2)21-15-22-28(31(38)35(30(22)37)32(39)42-4)23-16-33(40)43-25(27(21)23)11-10-20(19-8-6-5-7-9-19)12-18-13-24(34)29(36)26(14-18)41-3/h5-9,12-14,17,22-23,25,28,36,40H,10-11,15-16H2,1-4H3/b20-12-/t22-,23+,25-,28-/m1/s1. The van der Waals surface area contributed by atoms with Crippen molar-refractivity contribution < 1.29 is 38.6 Å². The number of hydrogen-bond donors (Lipinski definition) is 2. The first-order valence-electron chi connectivity index (χ1n) is 14.4. The Labute approximate surface area is 265 Å². The van der Waals surface area contributed by atoms with Crippen molar-refractivity contribution in [3.8, 4) is 11.5 Å². The SMILES string of the molecule is COC(=O)N1C(=O)[C@@H]2[C@@H](CC(C(C)C)=C3[C@@H](CC/C(=C/c4cc(I)c(O)c(OC)c4)c4ccccc4)OB(O)C[C@@H]32)C1=O. The minimum Gasteiger partial charge on any atom is -0.504 e. The predicted molar refractivity (Wildman–Crippen MR) is 170 cm³/mol. The maximum absolute atomic E-state index is 13.5. The summed E-state index contributed by atoms with van der Waals surface area (Å²) in [4.78, 5) is 39.7. The summed E-state index contributed by atoms with van der Waals surface area (Å²) in [6, 6.07) is 13.6. The molecule has 2 aromatic rings. The third-order valence-electron chi connectivity index (χ3n) is 8.73. The van der Waals surface area contributed by atoms with E-state index in [4.69, 9.17) is 14.1 Å². The Hall–Kier alpha value is -3.16. The van der Waals surface area contributed by atoms with Crippen LogP contribution in [-0.2, 0) is 19.0 Å². The van der Waals surface area contributed by atoms with E-state index in [2.05, 4.69) is 42.5 Å². The highest BCUT2D eigenvalue weighted by Crippen LogP contribution is 2.52. The number of rotatable bonds is 7. The molecule has 0 aromatic heterocycles. The summed E-state index contributed by atoms with van der Waals surface area (Å²) < 4.78 is 16.9. The highest BCUT2D eigenvalue weighted by molar-refractivity contribution is 14.1. The van der Waals surface area contributed by atoms with Crippen molar-refractivity contribution in [3.05, 3.63) is 68.3 Å². The third-order valence-corrected chi connectivity index (χ3v) is 9.55. The van der Waals surface area contributed by atoms with Crippen LogP contribution >= 0.6 is 22.6 Å². The second-order valence-electron chi connectivity index (χ2n) is 11.5. The second-order valence-corrected chi connectivity index (χ2v) is 12.7. The van der Waals surface area contributed by atoms with E-state index in [0.717, 1.165) is 35.0 Å². The lowest BCUT2D eigenvalue weighted by Crippen LogP contribution is -2.46. The fraction of sp³-hybridized carbons (Fsp3) is 0.406. The lowest BCUT2D eigenvalue weighted by Gasteiger charge is -2.44. The Morgan fingerprint density at radius 3 is 2.53 bits per heavy atom. The first-order valence-corrected chi connectivity index (χ1v) is 15.5. The Bertz CT molecular complexity index is 1490. The number of imide groups is 3. The van der Waals surface area contributed by atoms with E-state index in [0.29, 0.717) is 33.5 Å². The number of ether oxygens (including phenoxy) is 2. The normalized spacial score (nSPS) is 23.9. The smallest absolute Gasteiger partial charge is 0.455 e. The Morgan fingerprint density at radius 2 is 1.88 bits per heavy atom. The lowest BCUT2D eigenvalue weighted by atomic mass is 9.57. The fourth-order valence-electron chi connectivity index (χ4n) is 6.79. The van der Waals surface area contributed by atoms with Crippen LogP contribution in [0.2, 0.25) is 6.32 Å². The molecular weight excluding hydrogens is 664 g/mol. The number of carbonyl (C=O) groups is 3. The van der Waals surface area contributed by atoms with Gasteiger partial charge in [0.25, 0.3) is 0 Å². The number of aromatic hydroxyl groups is 1. The monoisotopic (exact) mass is 699 g/mol. The molecule has 3 amide bonds. The third kappa shape index (κ3) is 5.99. The Balaban J connectivity index is 1.51. The molecule has 43 heavy (non-hydrogen) atoms. The number of likely N-dealkylation sites (tertiary alicyclic amines) is 1. The van der Waals surface area contributed by atoms with Crippen LogP contribution < -0.4 is 4.74 Å². The number of methoxy groups -OCH3 is 2. The number of fused-ring (bicyclic) bond motifs is 3. The maximum atomic E-state index is 13.5. The van der Waals surface area contributed by atoms with Gasteiger partial charge in [0.15, 0.2) is 11.5 Å². The van der Waals surface area contributed by atoms with Gasteiger partial charge in [0, 0.05) is 0 Å². The Kier molecular flexibility index (Phi) is 9.33. The molecule has 4 atom stereocenters. The molecule has 0 spiro atoms. The molecule has 1 aliphatic carbocycles. The first kappa shape index (κ1) is 31.3. The van der Waals surface area contributed by atoms with Gasteiger partial charge in [-0.05, 0) is 94.4 Å². The van der Waals surface area contributed by atoms with Gasteiger partial charge < -0.3 is 24.3 Å². The van der Waals surface area contributed by atoms with Crippen LogP contribution in [0.5, 0.6) is 11.5 Å². The quantitative estimate of drug-likeness (QED) is 0.127. The lowest BCUT2D eigenvalue weighted by molar-refractivity contribution is -0.137. The van der Waals surface area contributed by atoms with Crippen molar-refractivity contribution in [2.45, 2.75) is 45.5 Å². The van der Waals surface area contributed by atoms with Gasteiger partial charge in [0.05, 0.1) is 35.7 Å². The highest BCUT2D eigenvalue weighted by atomic mass is 127. The molecule has 2 aromatic carbocycles. The van der Waals surface area contributed by atoms with Crippen molar-refractivity contribution in [1.29, 1.82) is 0 Å². The van der Waals surface area contributed by atoms with E-state index in [9.17, 15) is 24.5 Å². The van der Waals surface area contributed by atoms with Crippen LogP contribution in [0, 0.1) is 27.2 Å². The van der Waals surface area contributed by atoms with Crippen LogP contribution in [0.1, 0.15) is 44.2 Å². The summed E-state index contributed by atoms with van der Waals surface area (Å²) in [5.74, 6) is -2.41. The number of carbonyl (C=O) groups excluding carboxylic acids is 3. The van der Waals surface area contributed by atoms with Gasteiger partial charge in [0.2, 0.25) is 11.8 Å². The molecule has 0 bridgehead atoms. The molecular formula is C32H35BINO8. The molecule has 2 heterocycles. The average molecular weight is 699 g/mol. The summed E-state index contributed by atoms with van der Waals surface area (Å²) in [5, 5.41) is 21.2. The number of phenolic OH excluding ortho intramolecular Hbond substituents is 1. The number of phenols is 1. The number of benzene rings is 2. The van der Waals surface area contributed by atoms with Gasteiger partial charge in [-0.3, -0.25) is 9.59 Å². The predicted octanol–water partition coefficient (Wildman–Crippen LogP) is 5.55. The van der Waals surface area contributed by atoms with E-state index < -0.39 is 48.9 Å². The molecule has 2 aliphatic heterocycles. The van der Waals surface area contributed by atoms with Crippen molar-refractivity contribution >= 4 is 59.3 Å². The van der Waals surface area contributed by atoms with Crippen LogP contribution in [0.15, 0.2) is 53.6 Å². The summed E-state index contributed by atoms with van der Waals surface area (Å²) >= 11 is 2.07. The van der Waals surface area contributed by atoms with E-state index in [1.54, 1.807) is 6.07 Å². The zero-order valence-corrected chi connectivity index (χ0v) is 26.7. The van der Waals surface area contributed by atoms with Crippen LogP contribution in [0.3, 0.4) is 0 Å². The van der Waals surface area contributed by atoms with Crippen molar-refractivity contribution in [2.75, 3.05) is 14.2 Å². The summed E-state index contributed by atoms with van der Waals surface area (Å²) in [5.41, 5.74) is 4.90. The number of allylic oxidation sites excluding steroid dienone is 2. The first-order chi connectivity index (χ1) is 20.5. The molecule has 3 aliphatic rings. The summed E-state index contributed by atoms with van der Waals surface area (Å²) in [7, 11) is 1.55. The molecule has 9 nitrogen and oxygen atoms in total. The minimum absolute atomic E-state index is 0.0746. The number of hydrogen-bond acceptors (Lipinski definition) is 8. The van der Waals surface area contributed by atoms with Crippen LogP contribution in [0.25, 0.3) is 11.6 Å². The molecule has 11 heteroatoms. The van der Waals surface area contributed by atoms with Gasteiger partial charge in [0.1, 0.15) is 0 Å². The molecule has 2 fully saturated rings. The molecule has 2 saturated heterocycles. The Morgan fingerprint density at radius 1 is 1.16 bits per heavy atom. The molecule has 0 unspecified atom stereocenters. The van der Waals surface area contributed by atoms with Crippen molar-refractivity contribution in [2.24, 2.45) is 23.7 Å². The zero-order valence-electron chi connectivity index (χ0n) is 24.6. The highest BCUT2D eigenvalue weighted by Gasteiger charge is 2.59. The molecule has 0 radical (unpaired) electrons. The van der Waals surface area contributed by atoms with E-state index in [1.807, 2.05) is 36.4 Å². The van der Waals surface area contributed by atoms with E-state index in [-0.39, 0.29) is 18.0 Å². The summed E-state index contributed by atoms with van der Waals surface area (Å²) in [6.07, 6.45) is 2.23. The molecule has 2 N–H and O–H groups in total. The van der Waals surface area contributed by atoms with Crippen molar-refractivity contribution in [1.82, 2.24) is 4.90 Å². The molecule has 5 rings (SSSR count). The zero-order chi connectivity index (χ0) is 31.0. The number of halogens is 1. The average Bonchev–Trinajstić information content (AvgIpc) is 3.25. The topological polar surface area (TPSA) is 123 Å². The maximum Gasteiger partial charge on any atom is 0.455 e. The van der Waals surface area contributed by atoms with E-state index >= 15 is 0 Å². The van der Waals surface area contributed by atoms with Gasteiger partial charge >= 0.3 is 13.2 Å². The van der Waals surface area contributed by atoms with Crippen LogP contribution in [0.4, 0.5) is 4.79 Å². The fourth-order valence-corrected chi connectivity index (χ4v) is 7.42. The largest absolute Gasteiger partial charge is 0.504 e. The minimum atomic E-state index is -1.12. The van der Waals surface area contributed by atoms with Gasteiger partial charge in [-0.15, -0.1) is 0 Å². The second kappa shape index (κ2) is 12.8. The van der Waals surface area contributed by atoms with Crippen molar-refractivity contribution in [3.63, 3.8) is 0 Å². The van der Waals surface area contributed by atoms with Gasteiger partial charge in [-0.25, -0.2) is 4.79 Å². The molecule has 226 valence electrons. The van der Waals surface area contributed by atoms with E-state index in [1.165, 1.54) is 7.11 Å². The number of amides is 3. The summed E-state index contributed by atoms with van der Waals surface area (Å²) in [6.45, 7) is 4.10. The molecule has 0 saturated carbocycles. The van der Waals surface area contributed by atoms with Gasteiger partial charge in [-0.2, -0.15) is 4.90 Å². The number of nitrogens with zero attached hydrogens (tertiary/aromatic N) is 1.